The molecule has 4 aromatic heterocycles. The Balaban J connectivity index is 1.37. The van der Waals surface area contributed by atoms with Crippen LogP contribution in [0.3, 0.4) is 0 Å². The van der Waals surface area contributed by atoms with E-state index in [1.54, 1.807) is 16.7 Å². The molecule has 0 aliphatic heterocycles. The minimum Gasteiger partial charge on any atom is -0.415 e. The summed E-state index contributed by atoms with van der Waals surface area (Å²) < 4.78 is 46.2. The number of hydrogen-bond acceptors (Lipinski definition) is 9. The van der Waals surface area contributed by atoms with Crippen LogP contribution in [0.15, 0.2) is 34.9 Å². The van der Waals surface area contributed by atoms with Gasteiger partial charge < -0.3 is 14.7 Å². The first-order valence-electron chi connectivity index (χ1n) is 9.15. The lowest BCUT2D eigenvalue weighted by Gasteiger charge is -2.02. The van der Waals surface area contributed by atoms with E-state index in [1.807, 2.05) is 13.1 Å². The Hall–Kier alpha value is -4.36. The lowest BCUT2D eigenvalue weighted by molar-refractivity contribution is 0.116. The number of hydrogen-bond donors (Lipinski definition) is 1. The minimum atomic E-state index is -2.92. The van der Waals surface area contributed by atoms with Crippen molar-refractivity contribution in [3.05, 3.63) is 47.9 Å². The molecule has 162 valence electrons. The average Bonchev–Trinajstić information content (AvgIpc) is 3.50. The highest BCUT2D eigenvalue weighted by molar-refractivity contribution is 5.82. The van der Waals surface area contributed by atoms with Gasteiger partial charge in [0.2, 0.25) is 17.7 Å². The van der Waals surface area contributed by atoms with E-state index in [9.17, 15) is 13.2 Å². The first-order chi connectivity index (χ1) is 15.4. The van der Waals surface area contributed by atoms with Crippen LogP contribution in [0.25, 0.3) is 33.9 Å². The summed E-state index contributed by atoms with van der Waals surface area (Å²) in [4.78, 5) is 9.44. The number of imidazole rings is 1. The van der Waals surface area contributed by atoms with Gasteiger partial charge in [-0.1, -0.05) is 0 Å². The average molecular weight is 442 g/mol. The molecule has 0 aliphatic carbocycles. The van der Waals surface area contributed by atoms with Gasteiger partial charge in [-0.05, 0) is 29.5 Å². The second-order valence-electron chi connectivity index (χ2n) is 6.77. The summed E-state index contributed by atoms with van der Waals surface area (Å²) in [6.07, 6.45) is -1.69. The second kappa shape index (κ2) is 7.40. The lowest BCUT2D eigenvalue weighted by Crippen LogP contribution is -2.08. The number of alkyl halides is 2. The summed E-state index contributed by atoms with van der Waals surface area (Å²) in [7, 11) is 1.81. The first-order valence-corrected chi connectivity index (χ1v) is 9.15. The number of halogens is 3. The quantitative estimate of drug-likeness (QED) is 0.434. The zero-order valence-corrected chi connectivity index (χ0v) is 16.3. The van der Waals surface area contributed by atoms with Crippen LogP contribution >= 0.6 is 0 Å². The Morgan fingerprint density at radius 2 is 1.97 bits per heavy atom. The van der Waals surface area contributed by atoms with Crippen LogP contribution in [0, 0.1) is 5.82 Å². The molecular formula is C18H13F3N10O. The molecule has 4 heterocycles. The van der Waals surface area contributed by atoms with Crippen molar-refractivity contribution >= 4 is 17.0 Å². The molecule has 0 radical (unpaired) electrons. The number of fused-ring (bicyclic) bond motifs is 1. The molecule has 0 amide bonds. The molecule has 32 heavy (non-hydrogen) atoms. The second-order valence-corrected chi connectivity index (χ2v) is 6.77. The van der Waals surface area contributed by atoms with E-state index in [-0.39, 0.29) is 23.7 Å². The van der Waals surface area contributed by atoms with E-state index < -0.39 is 18.1 Å². The van der Waals surface area contributed by atoms with Crippen molar-refractivity contribution in [1.29, 1.82) is 0 Å². The molecule has 0 atom stereocenters. The molecule has 0 spiro atoms. The molecule has 11 nitrogen and oxygen atoms in total. The van der Waals surface area contributed by atoms with Crippen LogP contribution in [0.2, 0.25) is 0 Å². The van der Waals surface area contributed by atoms with E-state index in [4.69, 9.17) is 10.2 Å². The summed E-state index contributed by atoms with van der Waals surface area (Å²) in [5, 5.41) is 18.9. The third-order valence-electron chi connectivity index (χ3n) is 4.71. The van der Waals surface area contributed by atoms with Gasteiger partial charge in [0.1, 0.15) is 12.4 Å². The molecule has 0 bridgehead atoms. The van der Waals surface area contributed by atoms with Gasteiger partial charge in [-0.3, -0.25) is 4.98 Å². The fraction of sp³-hybridized carbons (Fsp3) is 0.167. The predicted octanol–water partition coefficient (Wildman–Crippen LogP) is 2.38. The smallest absolute Gasteiger partial charge is 0.314 e. The molecule has 14 heteroatoms. The van der Waals surface area contributed by atoms with Gasteiger partial charge in [-0.2, -0.15) is 13.6 Å². The summed E-state index contributed by atoms with van der Waals surface area (Å²) in [6.45, 7) is -0.107. The van der Waals surface area contributed by atoms with E-state index in [1.165, 1.54) is 11.0 Å². The maximum absolute atomic E-state index is 14.5. The van der Waals surface area contributed by atoms with Crippen LogP contribution in [-0.4, -0.2) is 44.9 Å². The molecule has 5 rings (SSSR count). The summed E-state index contributed by atoms with van der Waals surface area (Å²) in [5.41, 5.74) is 8.10. The Labute approximate surface area is 176 Å². The fourth-order valence-corrected chi connectivity index (χ4v) is 3.06. The highest BCUT2D eigenvalue weighted by Gasteiger charge is 2.19. The van der Waals surface area contributed by atoms with Gasteiger partial charge in [-0.25, -0.2) is 9.37 Å². The van der Waals surface area contributed by atoms with E-state index in [0.717, 1.165) is 11.6 Å². The third kappa shape index (κ3) is 3.40. The molecule has 0 unspecified atom stereocenters. The fourth-order valence-electron chi connectivity index (χ4n) is 3.06. The first kappa shape index (κ1) is 19.6. The van der Waals surface area contributed by atoms with Gasteiger partial charge in [0.25, 0.3) is 5.89 Å². The van der Waals surface area contributed by atoms with Crippen LogP contribution in [0.5, 0.6) is 0 Å². The number of nitrogen functional groups attached to an aromatic ring is 1. The number of pyridine rings is 1. The number of aromatic nitrogens is 9. The zero-order chi connectivity index (χ0) is 22.4. The van der Waals surface area contributed by atoms with Gasteiger partial charge >= 0.3 is 6.43 Å². The number of nitrogens with zero attached hydrogens (tertiary/aromatic N) is 9. The molecule has 1 aromatic carbocycles. The molecule has 0 saturated carbocycles. The van der Waals surface area contributed by atoms with Crippen molar-refractivity contribution in [3.8, 4) is 22.8 Å². The number of nitrogens with two attached hydrogens (primary N) is 1. The van der Waals surface area contributed by atoms with Crippen LogP contribution < -0.4 is 5.73 Å². The monoisotopic (exact) mass is 442 g/mol. The number of benzene rings is 1. The summed E-state index contributed by atoms with van der Waals surface area (Å²) >= 11 is 0. The molecule has 5 aromatic rings. The normalized spacial score (nSPS) is 11.7. The molecule has 0 saturated heterocycles. The number of aryl methyl sites for hydroxylation is 1. The van der Waals surface area contributed by atoms with Crippen molar-refractivity contribution in [2.75, 3.05) is 5.73 Å². The van der Waals surface area contributed by atoms with Gasteiger partial charge in [0, 0.05) is 18.8 Å². The number of anilines is 1. The molecular weight excluding hydrogens is 429 g/mol. The minimum absolute atomic E-state index is 0.0132. The highest BCUT2D eigenvalue weighted by atomic mass is 19.3. The Morgan fingerprint density at radius 1 is 1.12 bits per heavy atom. The Bertz CT molecular complexity index is 1440. The number of rotatable bonds is 5. The van der Waals surface area contributed by atoms with E-state index in [0.29, 0.717) is 22.9 Å². The molecule has 0 fully saturated rings. The maximum atomic E-state index is 14.5. The van der Waals surface area contributed by atoms with Crippen LogP contribution in [0.4, 0.5) is 19.1 Å². The van der Waals surface area contributed by atoms with Gasteiger partial charge in [-0.15, -0.1) is 20.4 Å². The van der Waals surface area contributed by atoms with Crippen LogP contribution in [0.1, 0.15) is 18.0 Å². The van der Waals surface area contributed by atoms with Crippen molar-refractivity contribution in [2.24, 2.45) is 7.05 Å². The van der Waals surface area contributed by atoms with Crippen LogP contribution in [-0.2, 0) is 13.6 Å². The Morgan fingerprint density at radius 3 is 2.72 bits per heavy atom. The number of tetrazole rings is 1. The zero-order valence-electron chi connectivity index (χ0n) is 16.3. The van der Waals surface area contributed by atoms with Crippen molar-refractivity contribution < 1.29 is 17.6 Å². The summed E-state index contributed by atoms with van der Waals surface area (Å²) in [5.74, 6) is -1.13. The highest BCUT2D eigenvalue weighted by Crippen LogP contribution is 2.25. The van der Waals surface area contributed by atoms with E-state index >= 15 is 0 Å². The molecule has 2 N–H and O–H groups in total. The van der Waals surface area contributed by atoms with Gasteiger partial charge in [0.05, 0.1) is 22.3 Å². The van der Waals surface area contributed by atoms with Crippen molar-refractivity contribution in [2.45, 2.75) is 13.0 Å². The SMILES string of the molecule is Cn1c(N)nc2cc(-c3nnn(Cc4ncc(-c5nnc(C(F)F)o5)cc4F)n3)ccc21. The third-order valence-corrected chi connectivity index (χ3v) is 4.71. The maximum Gasteiger partial charge on any atom is 0.314 e. The lowest BCUT2D eigenvalue weighted by atomic mass is 10.2. The Kier molecular flexibility index (Phi) is 4.53. The van der Waals surface area contributed by atoms with E-state index in [2.05, 4.69) is 35.6 Å². The van der Waals surface area contributed by atoms with Crippen molar-refractivity contribution in [1.82, 2.24) is 44.9 Å². The summed E-state index contributed by atoms with van der Waals surface area (Å²) in [6, 6.07) is 6.48. The standard InChI is InChI=1S/C18H13F3N10O/c1-30-13-3-2-8(5-11(13)24-18(30)22)15-25-29-31(28-15)7-12-10(19)4-9(6-23-12)16-26-27-17(32-16)14(20)21/h2-6,14H,7H2,1H3,(H2,22,24). The predicted molar refractivity (Wildman–Crippen MR) is 103 cm³/mol. The topological polar surface area (TPSA) is 139 Å². The van der Waals surface area contributed by atoms with Crippen molar-refractivity contribution in [3.63, 3.8) is 0 Å². The van der Waals surface area contributed by atoms with Gasteiger partial charge in [0.15, 0.2) is 0 Å². The largest absolute Gasteiger partial charge is 0.415 e. The molecule has 0 aliphatic rings.